The maximum absolute atomic E-state index is 6.32. The Labute approximate surface area is 112 Å². The van der Waals surface area contributed by atoms with E-state index in [4.69, 9.17) is 28.9 Å². The molecular weight excluding hydrogens is 255 g/mol. The van der Waals surface area contributed by atoms with E-state index < -0.39 is 0 Å². The van der Waals surface area contributed by atoms with Crippen LogP contribution in [-0.4, -0.2) is 25.0 Å². The van der Waals surface area contributed by atoms with E-state index in [9.17, 15) is 0 Å². The van der Waals surface area contributed by atoms with Gasteiger partial charge in [-0.25, -0.2) is 0 Å². The van der Waals surface area contributed by atoms with Gasteiger partial charge in [-0.05, 0) is 43.0 Å². The lowest BCUT2D eigenvalue weighted by Gasteiger charge is -2.29. The minimum absolute atomic E-state index is 0.539. The van der Waals surface area contributed by atoms with Crippen LogP contribution in [0.5, 0.6) is 0 Å². The van der Waals surface area contributed by atoms with E-state index in [0.717, 1.165) is 18.9 Å². The lowest BCUT2D eigenvalue weighted by atomic mass is 9.77. The van der Waals surface area contributed by atoms with Crippen molar-refractivity contribution in [3.8, 4) is 0 Å². The van der Waals surface area contributed by atoms with Crippen molar-refractivity contribution in [2.45, 2.75) is 18.8 Å². The van der Waals surface area contributed by atoms with Crippen molar-refractivity contribution in [2.24, 2.45) is 5.92 Å². The van der Waals surface area contributed by atoms with E-state index in [1.54, 1.807) is 0 Å². The zero-order valence-electron chi connectivity index (χ0n) is 9.84. The van der Waals surface area contributed by atoms with Crippen LogP contribution < -0.4 is 5.73 Å². The Morgan fingerprint density at radius 2 is 2.12 bits per heavy atom. The van der Waals surface area contributed by atoms with Crippen molar-refractivity contribution in [1.82, 2.24) is 4.90 Å². The molecule has 0 amide bonds. The minimum atomic E-state index is 0.539. The van der Waals surface area contributed by atoms with Crippen LogP contribution >= 0.6 is 23.2 Å². The van der Waals surface area contributed by atoms with Gasteiger partial charge in [-0.15, -0.1) is 0 Å². The highest BCUT2D eigenvalue weighted by Gasteiger charge is 2.37. The second kappa shape index (κ2) is 4.04. The fraction of sp³-hybridized carbons (Fsp3) is 0.538. The maximum atomic E-state index is 6.32. The van der Waals surface area contributed by atoms with Crippen molar-refractivity contribution < 1.29 is 0 Å². The number of hydrogen-bond donors (Lipinski definition) is 1. The van der Waals surface area contributed by atoms with E-state index in [1.165, 1.54) is 24.1 Å². The molecule has 1 aliphatic carbocycles. The molecule has 17 heavy (non-hydrogen) atoms. The van der Waals surface area contributed by atoms with E-state index in [-0.39, 0.29) is 0 Å². The zero-order valence-corrected chi connectivity index (χ0v) is 11.4. The van der Waals surface area contributed by atoms with E-state index in [0.29, 0.717) is 21.7 Å². The molecule has 1 heterocycles. The Morgan fingerprint density at radius 3 is 2.88 bits per heavy atom. The van der Waals surface area contributed by atoms with Gasteiger partial charge in [0.25, 0.3) is 0 Å². The largest absolute Gasteiger partial charge is 0.396 e. The third kappa shape index (κ3) is 1.74. The molecule has 2 nitrogen and oxygen atoms in total. The quantitative estimate of drug-likeness (QED) is 0.734. The molecule has 4 heteroatoms. The Hall–Kier alpha value is -0.440. The lowest BCUT2D eigenvalue weighted by Crippen LogP contribution is -2.19. The SMILES string of the molecule is CN1C[C@@H]2CCc3c(cc(Cl)c(N)c3Cl)[C@@H]2C1. The first-order valence-corrected chi connectivity index (χ1v) is 6.78. The molecule has 1 saturated heterocycles. The highest BCUT2D eigenvalue weighted by atomic mass is 35.5. The predicted molar refractivity (Wildman–Crippen MR) is 72.9 cm³/mol. The standard InChI is InChI=1S/C13H16Cl2N2/c1-17-5-7-2-3-8-9(10(7)6-17)4-11(14)13(16)12(8)15/h4,7,10H,2-3,5-6,16H2,1H3/t7-,10+/m0/s1. The second-order valence-corrected chi connectivity index (χ2v) is 6.07. The summed E-state index contributed by atoms with van der Waals surface area (Å²) in [5.74, 6) is 1.34. The highest BCUT2D eigenvalue weighted by Crippen LogP contribution is 2.46. The van der Waals surface area contributed by atoms with Crippen LogP contribution in [0.1, 0.15) is 23.5 Å². The van der Waals surface area contributed by atoms with Crippen molar-refractivity contribution in [3.63, 3.8) is 0 Å². The Bertz CT molecular complexity index is 473. The fourth-order valence-electron chi connectivity index (χ4n) is 3.34. The number of anilines is 1. The molecule has 1 aromatic rings. The van der Waals surface area contributed by atoms with Gasteiger partial charge in [0.1, 0.15) is 0 Å². The molecule has 0 bridgehead atoms. The van der Waals surface area contributed by atoms with Gasteiger partial charge in [-0.3, -0.25) is 0 Å². The number of likely N-dealkylation sites (N-methyl/N-ethyl adjacent to an activating group) is 1. The summed E-state index contributed by atoms with van der Waals surface area (Å²) in [6.45, 7) is 2.29. The van der Waals surface area contributed by atoms with E-state index in [2.05, 4.69) is 11.9 Å². The van der Waals surface area contributed by atoms with Crippen molar-refractivity contribution >= 4 is 28.9 Å². The topological polar surface area (TPSA) is 29.3 Å². The van der Waals surface area contributed by atoms with Crippen LogP contribution in [0, 0.1) is 5.92 Å². The predicted octanol–water partition coefficient (Wildman–Crippen LogP) is 3.17. The average Bonchev–Trinajstić information content (AvgIpc) is 2.67. The van der Waals surface area contributed by atoms with Crippen molar-refractivity contribution in [3.05, 3.63) is 27.2 Å². The maximum Gasteiger partial charge on any atom is 0.0695 e. The number of nitrogens with two attached hydrogens (primary N) is 1. The molecule has 0 aromatic heterocycles. The first kappa shape index (κ1) is 11.6. The molecule has 1 aromatic carbocycles. The number of likely N-dealkylation sites (tertiary alicyclic amines) is 1. The number of nitrogen functional groups attached to an aromatic ring is 1. The van der Waals surface area contributed by atoms with Gasteiger partial charge < -0.3 is 10.6 Å². The Kier molecular flexibility index (Phi) is 2.77. The van der Waals surface area contributed by atoms with Gasteiger partial charge in [0, 0.05) is 19.0 Å². The summed E-state index contributed by atoms with van der Waals surface area (Å²) in [6, 6.07) is 2.04. The summed E-state index contributed by atoms with van der Waals surface area (Å²) in [4.78, 5) is 2.39. The van der Waals surface area contributed by atoms with E-state index >= 15 is 0 Å². The van der Waals surface area contributed by atoms with Crippen molar-refractivity contribution in [2.75, 3.05) is 25.9 Å². The third-order valence-corrected chi connectivity index (χ3v) is 4.92. The molecule has 1 aliphatic heterocycles. The number of nitrogens with zero attached hydrogens (tertiary/aromatic N) is 1. The van der Waals surface area contributed by atoms with Gasteiger partial charge in [0.15, 0.2) is 0 Å². The van der Waals surface area contributed by atoms with Gasteiger partial charge in [0.2, 0.25) is 0 Å². The molecular formula is C13H16Cl2N2. The first-order valence-electron chi connectivity index (χ1n) is 6.02. The number of rotatable bonds is 0. The summed E-state index contributed by atoms with van der Waals surface area (Å²) in [6.07, 6.45) is 2.24. The molecule has 3 rings (SSSR count). The Morgan fingerprint density at radius 1 is 1.35 bits per heavy atom. The molecule has 92 valence electrons. The zero-order chi connectivity index (χ0) is 12.2. The molecule has 2 aliphatic rings. The normalized spacial score (nSPS) is 27.9. The van der Waals surface area contributed by atoms with Crippen LogP contribution in [0.25, 0.3) is 0 Å². The van der Waals surface area contributed by atoms with Crippen LogP contribution in [0.4, 0.5) is 5.69 Å². The lowest BCUT2D eigenvalue weighted by molar-refractivity contribution is 0.387. The summed E-state index contributed by atoms with van der Waals surface area (Å²) in [7, 11) is 2.18. The van der Waals surface area contributed by atoms with Crippen LogP contribution in [-0.2, 0) is 6.42 Å². The van der Waals surface area contributed by atoms with Crippen molar-refractivity contribution in [1.29, 1.82) is 0 Å². The van der Waals surface area contributed by atoms with Gasteiger partial charge in [-0.1, -0.05) is 23.2 Å². The number of hydrogen-bond acceptors (Lipinski definition) is 2. The van der Waals surface area contributed by atoms with Gasteiger partial charge in [-0.2, -0.15) is 0 Å². The van der Waals surface area contributed by atoms with Crippen LogP contribution in [0.15, 0.2) is 6.07 Å². The highest BCUT2D eigenvalue weighted by molar-refractivity contribution is 6.39. The summed E-state index contributed by atoms with van der Waals surface area (Å²) in [5.41, 5.74) is 8.99. The summed E-state index contributed by atoms with van der Waals surface area (Å²) in [5, 5.41) is 1.28. The minimum Gasteiger partial charge on any atom is -0.396 e. The van der Waals surface area contributed by atoms with Crippen LogP contribution in [0.2, 0.25) is 10.0 Å². The average molecular weight is 271 g/mol. The summed E-state index contributed by atoms with van der Waals surface area (Å²) >= 11 is 12.5. The molecule has 0 radical (unpaired) electrons. The fourth-order valence-corrected chi connectivity index (χ4v) is 3.91. The monoisotopic (exact) mass is 270 g/mol. The number of halogens is 2. The molecule has 0 spiro atoms. The third-order valence-electron chi connectivity index (χ3n) is 4.18. The Balaban J connectivity index is 2.12. The van der Waals surface area contributed by atoms with Gasteiger partial charge >= 0.3 is 0 Å². The first-order chi connectivity index (χ1) is 8.08. The summed E-state index contributed by atoms with van der Waals surface area (Å²) < 4.78 is 0. The molecule has 2 atom stereocenters. The van der Waals surface area contributed by atoms with Crippen LogP contribution in [0.3, 0.4) is 0 Å². The van der Waals surface area contributed by atoms with Gasteiger partial charge in [0.05, 0.1) is 15.7 Å². The van der Waals surface area contributed by atoms with E-state index in [1.807, 2.05) is 6.07 Å². The number of fused-ring (bicyclic) bond motifs is 3. The molecule has 1 fully saturated rings. The molecule has 0 unspecified atom stereocenters. The smallest absolute Gasteiger partial charge is 0.0695 e. The number of benzene rings is 1. The molecule has 0 saturated carbocycles. The second-order valence-electron chi connectivity index (χ2n) is 5.28. The molecule has 2 N–H and O–H groups in total.